The molecule has 0 N–H and O–H groups in total. The Labute approximate surface area is 271 Å². The number of carboxylic acid groups (broad SMARTS) is 1. The molecule has 0 bridgehead atoms. The van der Waals surface area contributed by atoms with Crippen molar-refractivity contribution in [3.8, 4) is 23.3 Å². The van der Waals surface area contributed by atoms with E-state index in [2.05, 4.69) is 42.4 Å². The van der Waals surface area contributed by atoms with E-state index in [4.69, 9.17) is 19.8 Å². The number of methoxy groups -OCH3 is 1. The van der Waals surface area contributed by atoms with E-state index in [1.54, 1.807) is 30.0 Å². The molecule has 0 aliphatic rings. The molecule has 3 aromatic heterocycles. The molecule has 208 valence electrons. The number of aryl methyl sites for hydroxylation is 3. The Morgan fingerprint density at radius 2 is 1.74 bits per heavy atom. The van der Waals surface area contributed by atoms with Crippen molar-refractivity contribution < 1.29 is 44.2 Å². The molecule has 0 radical (unpaired) electrons. The van der Waals surface area contributed by atoms with Gasteiger partial charge in [-0.2, -0.15) is 5.10 Å². The number of aromatic carboxylic acids is 1. The summed E-state index contributed by atoms with van der Waals surface area (Å²) in [5.74, 6) is 6.80. The van der Waals surface area contributed by atoms with Gasteiger partial charge in [0.15, 0.2) is 5.65 Å². The van der Waals surface area contributed by atoms with Gasteiger partial charge in [-0.15, -0.1) is 0 Å². The minimum absolute atomic E-state index is 0. The first-order chi connectivity index (χ1) is 20.4. The molecule has 3 heterocycles. The van der Waals surface area contributed by atoms with Gasteiger partial charge in [0.2, 0.25) is 0 Å². The van der Waals surface area contributed by atoms with Gasteiger partial charge in [-0.25, -0.2) is 14.6 Å². The van der Waals surface area contributed by atoms with E-state index in [0.29, 0.717) is 34.8 Å². The third-order valence-electron chi connectivity index (χ3n) is 7.27. The summed E-state index contributed by atoms with van der Waals surface area (Å²) in [6, 6.07) is 22.2. The Morgan fingerprint density at radius 1 is 0.977 bits per heavy atom. The Kier molecular flexibility index (Phi) is 8.69. The number of carbonyl (C=O) groups excluding carboxylic acids is 1. The molecular weight excluding hydrogens is 549 g/mol. The SMILES string of the molecule is CCc1nc2c(C)cc(C)nc2n1Cc1ccc2nn(-c3ccccc3C(=O)[O-])c(C#Cc3ccccc3OC)c2c1.[Na+]. The van der Waals surface area contributed by atoms with Gasteiger partial charge in [0, 0.05) is 23.1 Å². The Balaban J connectivity index is 0.00000368. The molecular formula is C34H28N5NaO3. The molecule has 43 heavy (non-hydrogen) atoms. The third-order valence-corrected chi connectivity index (χ3v) is 7.27. The molecule has 8 nitrogen and oxygen atoms in total. The molecule has 6 aromatic rings. The van der Waals surface area contributed by atoms with Crippen LogP contribution in [0.2, 0.25) is 0 Å². The second-order valence-corrected chi connectivity index (χ2v) is 10.1. The molecule has 6 rings (SSSR count). The summed E-state index contributed by atoms with van der Waals surface area (Å²) in [6.07, 6.45) is 0.769. The first-order valence-electron chi connectivity index (χ1n) is 13.7. The van der Waals surface area contributed by atoms with Crippen LogP contribution in [0.5, 0.6) is 5.75 Å². The van der Waals surface area contributed by atoms with Gasteiger partial charge in [-0.1, -0.05) is 49.2 Å². The van der Waals surface area contributed by atoms with E-state index in [0.717, 1.165) is 45.6 Å². The van der Waals surface area contributed by atoms with Crippen LogP contribution in [0.15, 0.2) is 72.8 Å². The number of fused-ring (bicyclic) bond motifs is 2. The van der Waals surface area contributed by atoms with E-state index in [1.807, 2.05) is 43.3 Å². The number of ether oxygens (including phenoxy) is 1. The summed E-state index contributed by atoms with van der Waals surface area (Å²) in [4.78, 5) is 21.7. The predicted molar refractivity (Wildman–Crippen MR) is 160 cm³/mol. The van der Waals surface area contributed by atoms with E-state index in [9.17, 15) is 9.90 Å². The van der Waals surface area contributed by atoms with Crippen LogP contribution in [0.1, 0.15) is 51.2 Å². The van der Waals surface area contributed by atoms with Crippen LogP contribution >= 0.6 is 0 Å². The number of carboxylic acids is 1. The van der Waals surface area contributed by atoms with Crippen LogP contribution in [-0.4, -0.2) is 37.4 Å². The minimum atomic E-state index is -1.29. The summed E-state index contributed by atoms with van der Waals surface area (Å²) in [5, 5.41) is 17.6. The molecule has 0 unspecified atom stereocenters. The number of aromatic nitrogens is 5. The van der Waals surface area contributed by atoms with Crippen molar-refractivity contribution in [1.82, 2.24) is 24.3 Å². The standard InChI is InChI=1S/C34H29N5O3.Na/c1-5-31-36-32-21(2)18-22(3)35-33(32)38(31)20-23-14-16-27-26(19-23)29(17-15-24-10-6-9-13-30(24)42-4)39(37-27)28-12-8-7-11-25(28)34(40)41;/h6-14,16,18-19H,5,20H2,1-4H3,(H,40,41);/q;+1/p-1. The molecule has 0 spiro atoms. The zero-order valence-corrected chi connectivity index (χ0v) is 26.8. The van der Waals surface area contributed by atoms with Gasteiger partial charge in [-0.3, -0.25) is 0 Å². The second-order valence-electron chi connectivity index (χ2n) is 10.1. The Hall–Kier alpha value is -4.42. The molecule has 0 atom stereocenters. The summed E-state index contributed by atoms with van der Waals surface area (Å²) in [7, 11) is 1.60. The topological polar surface area (TPSA) is 97.9 Å². The molecule has 3 aromatic carbocycles. The van der Waals surface area contributed by atoms with Crippen LogP contribution in [-0.2, 0) is 13.0 Å². The van der Waals surface area contributed by atoms with Crippen LogP contribution < -0.4 is 39.4 Å². The zero-order valence-electron chi connectivity index (χ0n) is 24.8. The zero-order chi connectivity index (χ0) is 29.4. The average molecular weight is 578 g/mol. The number of pyridine rings is 1. The summed E-state index contributed by atoms with van der Waals surface area (Å²) >= 11 is 0. The van der Waals surface area contributed by atoms with Crippen LogP contribution in [0.25, 0.3) is 27.8 Å². The quantitative estimate of drug-likeness (QED) is 0.221. The number of imidazole rings is 1. The fraction of sp³-hybridized carbons (Fsp3) is 0.176. The van der Waals surface area contributed by atoms with Crippen molar-refractivity contribution in [1.29, 1.82) is 0 Å². The number of rotatable bonds is 6. The minimum Gasteiger partial charge on any atom is -0.545 e. The van der Waals surface area contributed by atoms with Crippen molar-refractivity contribution in [2.24, 2.45) is 0 Å². The predicted octanol–water partition coefficient (Wildman–Crippen LogP) is 1.77. The Bertz CT molecular complexity index is 2070. The van der Waals surface area contributed by atoms with Crippen LogP contribution in [0.3, 0.4) is 0 Å². The average Bonchev–Trinajstić information content (AvgIpc) is 3.53. The van der Waals surface area contributed by atoms with Gasteiger partial charge in [0.05, 0.1) is 36.4 Å². The Morgan fingerprint density at radius 3 is 2.51 bits per heavy atom. The molecule has 0 amide bonds. The maximum atomic E-state index is 12.0. The molecule has 0 aliphatic heterocycles. The van der Waals surface area contributed by atoms with E-state index in [-0.39, 0.29) is 35.1 Å². The first kappa shape index (κ1) is 30.1. The number of hydrogen-bond donors (Lipinski definition) is 0. The molecule has 0 saturated carbocycles. The third kappa shape index (κ3) is 5.67. The fourth-order valence-corrected chi connectivity index (χ4v) is 5.30. The molecule has 0 aliphatic carbocycles. The largest absolute Gasteiger partial charge is 1.00 e. The maximum absolute atomic E-state index is 12.0. The van der Waals surface area contributed by atoms with E-state index < -0.39 is 5.97 Å². The van der Waals surface area contributed by atoms with E-state index >= 15 is 0 Å². The summed E-state index contributed by atoms with van der Waals surface area (Å²) in [5.41, 5.74) is 7.19. The second kappa shape index (κ2) is 12.4. The number of carbonyl (C=O) groups is 1. The number of nitrogens with zero attached hydrogens (tertiary/aromatic N) is 5. The van der Waals surface area contributed by atoms with Crippen molar-refractivity contribution in [3.63, 3.8) is 0 Å². The number of para-hydroxylation sites is 2. The summed E-state index contributed by atoms with van der Waals surface area (Å²) < 4.78 is 9.24. The molecule has 0 saturated heterocycles. The number of benzene rings is 3. The van der Waals surface area contributed by atoms with Gasteiger partial charge < -0.3 is 19.2 Å². The number of hydrogen-bond acceptors (Lipinski definition) is 6. The van der Waals surface area contributed by atoms with Gasteiger partial charge in [0.25, 0.3) is 0 Å². The normalized spacial score (nSPS) is 10.8. The fourth-order valence-electron chi connectivity index (χ4n) is 5.30. The monoisotopic (exact) mass is 577 g/mol. The van der Waals surface area contributed by atoms with Crippen LogP contribution in [0, 0.1) is 25.7 Å². The maximum Gasteiger partial charge on any atom is 1.00 e. The molecule has 9 heteroatoms. The van der Waals surface area contributed by atoms with Gasteiger partial charge in [-0.05, 0) is 67.3 Å². The van der Waals surface area contributed by atoms with E-state index in [1.165, 1.54) is 6.07 Å². The van der Waals surface area contributed by atoms with Crippen LogP contribution in [0.4, 0.5) is 0 Å². The first-order valence-corrected chi connectivity index (χ1v) is 13.7. The molecule has 0 fully saturated rings. The smallest absolute Gasteiger partial charge is 0.545 e. The van der Waals surface area contributed by atoms with Crippen molar-refractivity contribution in [2.75, 3.05) is 7.11 Å². The van der Waals surface area contributed by atoms with Gasteiger partial charge in [0.1, 0.15) is 22.8 Å². The van der Waals surface area contributed by atoms with Crippen molar-refractivity contribution >= 4 is 28.0 Å². The van der Waals surface area contributed by atoms with Crippen molar-refractivity contribution in [2.45, 2.75) is 33.7 Å². The van der Waals surface area contributed by atoms with Gasteiger partial charge >= 0.3 is 29.6 Å². The van der Waals surface area contributed by atoms with Crippen molar-refractivity contribution in [3.05, 3.63) is 112 Å². The summed E-state index contributed by atoms with van der Waals surface area (Å²) in [6.45, 7) is 6.71.